The normalized spacial score (nSPS) is 11.9. The third kappa shape index (κ3) is 3.76. The number of carbonyl (C=O) groups is 2. The number of hydrogen-bond acceptors (Lipinski definition) is 2. The van der Waals surface area contributed by atoms with E-state index in [0.717, 1.165) is 0 Å². The van der Waals surface area contributed by atoms with E-state index in [0.29, 0.717) is 5.69 Å². The SMILES string of the molecule is O=C(CBr)C(Br)C(=O)Nc1ccccc1. The maximum absolute atomic E-state index is 11.5. The molecule has 1 aromatic rings. The average molecular weight is 335 g/mol. The molecule has 1 atom stereocenters. The van der Waals surface area contributed by atoms with Crippen molar-refractivity contribution >= 4 is 49.2 Å². The van der Waals surface area contributed by atoms with Crippen molar-refractivity contribution in [2.45, 2.75) is 4.83 Å². The molecular formula is C10H9Br2NO2. The Kier molecular flexibility index (Phi) is 4.98. The van der Waals surface area contributed by atoms with Crippen LogP contribution in [0.5, 0.6) is 0 Å². The van der Waals surface area contributed by atoms with E-state index in [2.05, 4.69) is 37.2 Å². The summed E-state index contributed by atoms with van der Waals surface area (Å²) in [5.41, 5.74) is 0.675. The fraction of sp³-hybridized carbons (Fsp3) is 0.200. The summed E-state index contributed by atoms with van der Waals surface area (Å²) in [7, 11) is 0. The van der Waals surface area contributed by atoms with E-state index in [1.807, 2.05) is 18.2 Å². The van der Waals surface area contributed by atoms with Gasteiger partial charge in [0.2, 0.25) is 5.91 Å². The number of ketones is 1. The number of rotatable bonds is 4. The second kappa shape index (κ2) is 6.02. The molecule has 3 nitrogen and oxygen atoms in total. The number of para-hydroxylation sites is 1. The lowest BCUT2D eigenvalue weighted by atomic mass is 10.2. The molecule has 1 aromatic carbocycles. The number of alkyl halides is 2. The summed E-state index contributed by atoms with van der Waals surface area (Å²) in [6.45, 7) is 0. The van der Waals surface area contributed by atoms with Gasteiger partial charge >= 0.3 is 0 Å². The number of anilines is 1. The molecule has 0 saturated carbocycles. The van der Waals surface area contributed by atoms with Gasteiger partial charge in [0.1, 0.15) is 0 Å². The molecule has 80 valence electrons. The minimum absolute atomic E-state index is 0.158. The summed E-state index contributed by atoms with van der Waals surface area (Å²) in [6, 6.07) is 8.99. The molecule has 1 rings (SSSR count). The van der Waals surface area contributed by atoms with E-state index in [4.69, 9.17) is 0 Å². The minimum Gasteiger partial charge on any atom is -0.325 e. The Morgan fingerprint density at radius 3 is 2.40 bits per heavy atom. The van der Waals surface area contributed by atoms with E-state index in [9.17, 15) is 9.59 Å². The van der Waals surface area contributed by atoms with Crippen LogP contribution in [0.3, 0.4) is 0 Å². The smallest absolute Gasteiger partial charge is 0.245 e. The van der Waals surface area contributed by atoms with Crippen molar-refractivity contribution in [2.24, 2.45) is 0 Å². The Morgan fingerprint density at radius 1 is 1.27 bits per heavy atom. The van der Waals surface area contributed by atoms with E-state index in [1.165, 1.54) is 0 Å². The minimum atomic E-state index is -0.808. The third-order valence-electron chi connectivity index (χ3n) is 1.69. The number of Topliss-reactive ketones (excluding diaryl/α,β-unsaturated/α-hetero) is 1. The maximum atomic E-state index is 11.5. The van der Waals surface area contributed by atoms with Crippen LogP contribution < -0.4 is 5.32 Å². The van der Waals surface area contributed by atoms with E-state index in [1.54, 1.807) is 12.1 Å². The highest BCUT2D eigenvalue weighted by molar-refractivity contribution is 9.10. The number of hydrogen-bond donors (Lipinski definition) is 1. The first-order valence-corrected chi connectivity index (χ1v) is 6.27. The standard InChI is InChI=1S/C10H9Br2NO2/c11-6-8(14)9(12)10(15)13-7-4-2-1-3-5-7/h1-5,9H,6H2,(H,13,15). The van der Waals surface area contributed by atoms with Gasteiger partial charge in [0.15, 0.2) is 10.6 Å². The van der Waals surface area contributed by atoms with Crippen LogP contribution in [0.2, 0.25) is 0 Å². The second-order valence-corrected chi connectivity index (χ2v) is 4.29. The highest BCUT2D eigenvalue weighted by atomic mass is 79.9. The molecule has 0 aromatic heterocycles. The molecule has 0 heterocycles. The van der Waals surface area contributed by atoms with Crippen LogP contribution >= 0.6 is 31.9 Å². The molecule has 0 aliphatic carbocycles. The molecule has 5 heteroatoms. The van der Waals surface area contributed by atoms with Crippen molar-refractivity contribution in [1.82, 2.24) is 0 Å². The van der Waals surface area contributed by atoms with Crippen molar-refractivity contribution in [1.29, 1.82) is 0 Å². The van der Waals surface area contributed by atoms with Crippen molar-refractivity contribution < 1.29 is 9.59 Å². The average Bonchev–Trinajstić information content (AvgIpc) is 2.28. The summed E-state index contributed by atoms with van der Waals surface area (Å²) < 4.78 is 0. The molecule has 0 bridgehead atoms. The van der Waals surface area contributed by atoms with E-state index >= 15 is 0 Å². The first-order chi connectivity index (χ1) is 7.15. The Balaban J connectivity index is 2.60. The molecule has 0 aliphatic rings. The molecule has 0 fully saturated rings. The fourth-order valence-electron chi connectivity index (χ4n) is 0.941. The first-order valence-electron chi connectivity index (χ1n) is 4.24. The Hall–Kier alpha value is -0.680. The zero-order valence-electron chi connectivity index (χ0n) is 7.74. The van der Waals surface area contributed by atoms with Gasteiger partial charge in [-0.1, -0.05) is 50.1 Å². The number of nitrogens with one attached hydrogen (secondary N) is 1. The molecule has 1 N–H and O–H groups in total. The van der Waals surface area contributed by atoms with Crippen molar-refractivity contribution in [2.75, 3.05) is 10.6 Å². The Labute approximate surface area is 104 Å². The zero-order chi connectivity index (χ0) is 11.3. The van der Waals surface area contributed by atoms with E-state index in [-0.39, 0.29) is 17.0 Å². The summed E-state index contributed by atoms with van der Waals surface area (Å²) in [4.78, 5) is 21.9. The number of carbonyl (C=O) groups excluding carboxylic acids is 2. The van der Waals surface area contributed by atoms with Crippen LogP contribution in [-0.4, -0.2) is 21.8 Å². The highest BCUT2D eigenvalue weighted by Gasteiger charge is 2.21. The molecule has 1 amide bonds. The summed E-state index contributed by atoms with van der Waals surface area (Å²) in [5, 5.41) is 2.79. The van der Waals surface area contributed by atoms with Crippen molar-refractivity contribution in [3.63, 3.8) is 0 Å². The molecule has 0 radical (unpaired) electrons. The van der Waals surface area contributed by atoms with Gasteiger partial charge in [-0.2, -0.15) is 0 Å². The molecule has 0 aliphatic heterocycles. The van der Waals surface area contributed by atoms with Gasteiger partial charge in [-0.05, 0) is 12.1 Å². The topological polar surface area (TPSA) is 46.2 Å². The highest BCUT2D eigenvalue weighted by Crippen LogP contribution is 2.10. The van der Waals surface area contributed by atoms with Crippen LogP contribution in [0, 0.1) is 0 Å². The quantitative estimate of drug-likeness (QED) is 0.678. The van der Waals surface area contributed by atoms with Gasteiger partial charge < -0.3 is 5.32 Å². The predicted molar refractivity (Wildman–Crippen MR) is 66.6 cm³/mol. The molecule has 0 spiro atoms. The van der Waals surface area contributed by atoms with Crippen LogP contribution in [0.15, 0.2) is 30.3 Å². The van der Waals surface area contributed by atoms with Gasteiger partial charge in [0.05, 0.1) is 5.33 Å². The second-order valence-electron chi connectivity index (χ2n) is 2.82. The Morgan fingerprint density at radius 2 is 1.87 bits per heavy atom. The number of amides is 1. The van der Waals surface area contributed by atoms with Crippen LogP contribution in [0.4, 0.5) is 5.69 Å². The van der Waals surface area contributed by atoms with Crippen LogP contribution in [0.1, 0.15) is 0 Å². The zero-order valence-corrected chi connectivity index (χ0v) is 10.9. The molecule has 1 unspecified atom stereocenters. The lowest BCUT2D eigenvalue weighted by Gasteiger charge is -2.08. The largest absolute Gasteiger partial charge is 0.325 e. The molecule has 15 heavy (non-hydrogen) atoms. The fourth-order valence-corrected chi connectivity index (χ4v) is 1.98. The Bertz CT molecular complexity index is 354. The van der Waals surface area contributed by atoms with Gasteiger partial charge in [0, 0.05) is 5.69 Å². The lowest BCUT2D eigenvalue weighted by Crippen LogP contribution is -2.30. The number of benzene rings is 1. The third-order valence-corrected chi connectivity index (χ3v) is 3.17. The van der Waals surface area contributed by atoms with Gasteiger partial charge in [-0.3, -0.25) is 9.59 Å². The molecule has 0 saturated heterocycles. The first kappa shape index (κ1) is 12.4. The summed E-state index contributed by atoms with van der Waals surface area (Å²) in [5.74, 6) is -0.561. The monoisotopic (exact) mass is 333 g/mol. The summed E-state index contributed by atoms with van der Waals surface area (Å²) in [6.07, 6.45) is 0. The van der Waals surface area contributed by atoms with Gasteiger partial charge in [-0.15, -0.1) is 0 Å². The molecular weight excluding hydrogens is 326 g/mol. The van der Waals surface area contributed by atoms with Gasteiger partial charge in [0.25, 0.3) is 0 Å². The van der Waals surface area contributed by atoms with Crippen LogP contribution in [0.25, 0.3) is 0 Å². The lowest BCUT2D eigenvalue weighted by molar-refractivity contribution is -0.123. The summed E-state index contributed by atoms with van der Waals surface area (Å²) >= 11 is 6.04. The predicted octanol–water partition coefficient (Wildman–Crippen LogP) is 2.35. The van der Waals surface area contributed by atoms with Gasteiger partial charge in [-0.25, -0.2) is 0 Å². The van der Waals surface area contributed by atoms with Crippen molar-refractivity contribution in [3.05, 3.63) is 30.3 Å². The van der Waals surface area contributed by atoms with E-state index < -0.39 is 4.83 Å². The van der Waals surface area contributed by atoms with Crippen LogP contribution in [-0.2, 0) is 9.59 Å². The number of halogens is 2. The van der Waals surface area contributed by atoms with Crippen molar-refractivity contribution in [3.8, 4) is 0 Å². The maximum Gasteiger partial charge on any atom is 0.245 e.